The molecule has 0 radical (unpaired) electrons. The van der Waals surface area contributed by atoms with Gasteiger partial charge in [-0.15, -0.1) is 0 Å². The lowest BCUT2D eigenvalue weighted by Crippen LogP contribution is -2.49. The average Bonchev–Trinajstić information content (AvgIpc) is 2.83. The van der Waals surface area contributed by atoms with E-state index in [2.05, 4.69) is 15.2 Å². The maximum absolute atomic E-state index is 13.0. The molecule has 0 spiro atoms. The molecular weight excluding hydrogens is 406 g/mol. The van der Waals surface area contributed by atoms with Crippen molar-refractivity contribution in [2.45, 2.75) is 6.92 Å². The molecule has 4 rings (SSSR count). The molecule has 1 aliphatic rings. The minimum atomic E-state index is -0.0431. The molecule has 166 valence electrons. The van der Waals surface area contributed by atoms with E-state index in [1.165, 1.54) is 0 Å². The van der Waals surface area contributed by atoms with Gasteiger partial charge in [-0.2, -0.15) is 4.98 Å². The van der Waals surface area contributed by atoms with Gasteiger partial charge in [-0.05, 0) is 31.2 Å². The van der Waals surface area contributed by atoms with Crippen LogP contribution in [0.4, 0.5) is 17.5 Å². The summed E-state index contributed by atoms with van der Waals surface area (Å²) >= 11 is 0. The summed E-state index contributed by atoms with van der Waals surface area (Å²) in [4.78, 5) is 26.3. The lowest BCUT2D eigenvalue weighted by molar-refractivity contribution is 0.0745. The third-order valence-electron chi connectivity index (χ3n) is 5.34. The molecule has 2 aromatic carbocycles. The first-order chi connectivity index (χ1) is 15.6. The van der Waals surface area contributed by atoms with Crippen LogP contribution in [0.2, 0.25) is 0 Å². The molecule has 0 saturated carbocycles. The van der Waals surface area contributed by atoms with Crippen molar-refractivity contribution in [3.63, 3.8) is 0 Å². The van der Waals surface area contributed by atoms with Gasteiger partial charge in [-0.1, -0.05) is 18.2 Å². The Morgan fingerprint density at radius 1 is 0.906 bits per heavy atom. The van der Waals surface area contributed by atoms with E-state index in [9.17, 15) is 4.79 Å². The first-order valence-corrected chi connectivity index (χ1v) is 10.5. The summed E-state index contributed by atoms with van der Waals surface area (Å²) in [6.07, 6.45) is 0. The summed E-state index contributed by atoms with van der Waals surface area (Å²) in [6, 6.07) is 17.1. The van der Waals surface area contributed by atoms with Crippen molar-refractivity contribution in [2.75, 3.05) is 50.6 Å². The lowest BCUT2D eigenvalue weighted by atomic mass is 10.1. The van der Waals surface area contributed by atoms with Crippen LogP contribution in [0.5, 0.6) is 11.5 Å². The minimum Gasteiger partial charge on any atom is -0.497 e. The van der Waals surface area contributed by atoms with Gasteiger partial charge in [0.2, 0.25) is 5.95 Å². The van der Waals surface area contributed by atoms with Crippen LogP contribution in [0.15, 0.2) is 54.6 Å². The summed E-state index contributed by atoms with van der Waals surface area (Å²) in [6.45, 7) is 4.42. The Kier molecular flexibility index (Phi) is 6.39. The summed E-state index contributed by atoms with van der Waals surface area (Å²) in [7, 11) is 3.15. The van der Waals surface area contributed by atoms with Gasteiger partial charge >= 0.3 is 0 Å². The predicted octanol–water partition coefficient (Wildman–Crippen LogP) is 3.51. The summed E-state index contributed by atoms with van der Waals surface area (Å²) < 4.78 is 10.6. The van der Waals surface area contributed by atoms with Crippen LogP contribution >= 0.6 is 0 Å². The summed E-state index contributed by atoms with van der Waals surface area (Å²) in [5.41, 5.74) is 2.41. The van der Waals surface area contributed by atoms with Gasteiger partial charge in [0, 0.05) is 55.3 Å². The van der Waals surface area contributed by atoms with Crippen LogP contribution in [-0.4, -0.2) is 61.2 Å². The van der Waals surface area contributed by atoms with Gasteiger partial charge in [0.25, 0.3) is 5.91 Å². The Labute approximate surface area is 187 Å². The van der Waals surface area contributed by atoms with Crippen LogP contribution in [-0.2, 0) is 0 Å². The third-order valence-corrected chi connectivity index (χ3v) is 5.34. The molecule has 8 nitrogen and oxygen atoms in total. The Morgan fingerprint density at radius 3 is 2.19 bits per heavy atom. The second-order valence-electron chi connectivity index (χ2n) is 7.57. The van der Waals surface area contributed by atoms with E-state index in [1.54, 1.807) is 32.4 Å². The molecule has 1 aliphatic heterocycles. The molecule has 0 aliphatic carbocycles. The number of carbonyl (C=O) groups excluding carboxylic acids is 1. The van der Waals surface area contributed by atoms with E-state index in [-0.39, 0.29) is 5.91 Å². The van der Waals surface area contributed by atoms with Gasteiger partial charge < -0.3 is 24.6 Å². The first-order valence-electron chi connectivity index (χ1n) is 10.5. The number of para-hydroxylation sites is 1. The van der Waals surface area contributed by atoms with Crippen molar-refractivity contribution < 1.29 is 14.3 Å². The van der Waals surface area contributed by atoms with Gasteiger partial charge in [-0.25, -0.2) is 4.98 Å². The molecule has 0 bridgehead atoms. The number of ether oxygens (including phenoxy) is 2. The van der Waals surface area contributed by atoms with Crippen molar-refractivity contribution in [3.05, 3.63) is 65.9 Å². The van der Waals surface area contributed by atoms with Gasteiger partial charge in [0.1, 0.15) is 17.3 Å². The van der Waals surface area contributed by atoms with Gasteiger partial charge in [-0.3, -0.25) is 4.79 Å². The van der Waals surface area contributed by atoms with E-state index < -0.39 is 0 Å². The minimum absolute atomic E-state index is 0.0431. The Balaban J connectivity index is 1.44. The number of aromatic nitrogens is 2. The lowest BCUT2D eigenvalue weighted by Gasteiger charge is -2.35. The Bertz CT molecular complexity index is 1060. The fourth-order valence-electron chi connectivity index (χ4n) is 3.65. The number of piperazine rings is 1. The number of hydrogen-bond donors (Lipinski definition) is 1. The number of anilines is 3. The number of methoxy groups -OCH3 is 2. The van der Waals surface area contributed by atoms with Crippen molar-refractivity contribution in [1.82, 2.24) is 14.9 Å². The molecule has 0 unspecified atom stereocenters. The number of aryl methyl sites for hydroxylation is 1. The largest absolute Gasteiger partial charge is 0.497 e. The Hall–Kier alpha value is -3.81. The van der Waals surface area contributed by atoms with Crippen LogP contribution in [0.1, 0.15) is 16.1 Å². The van der Waals surface area contributed by atoms with E-state index in [0.717, 1.165) is 17.2 Å². The van der Waals surface area contributed by atoms with E-state index >= 15 is 0 Å². The van der Waals surface area contributed by atoms with Crippen LogP contribution in [0.3, 0.4) is 0 Å². The number of carbonyl (C=O) groups is 1. The fraction of sp³-hybridized carbons (Fsp3) is 0.292. The number of amides is 1. The van der Waals surface area contributed by atoms with Crippen LogP contribution in [0, 0.1) is 6.92 Å². The number of nitrogens with zero attached hydrogens (tertiary/aromatic N) is 4. The highest BCUT2D eigenvalue weighted by molar-refractivity contribution is 5.95. The van der Waals surface area contributed by atoms with E-state index in [1.807, 2.05) is 48.2 Å². The van der Waals surface area contributed by atoms with Crippen molar-refractivity contribution in [2.24, 2.45) is 0 Å². The highest BCUT2D eigenvalue weighted by Crippen LogP contribution is 2.24. The number of rotatable bonds is 6. The predicted molar refractivity (Wildman–Crippen MR) is 124 cm³/mol. The fourth-order valence-corrected chi connectivity index (χ4v) is 3.65. The topological polar surface area (TPSA) is 79.8 Å². The Morgan fingerprint density at radius 2 is 1.56 bits per heavy atom. The van der Waals surface area contributed by atoms with Crippen molar-refractivity contribution in [1.29, 1.82) is 0 Å². The van der Waals surface area contributed by atoms with E-state index in [0.29, 0.717) is 49.2 Å². The zero-order chi connectivity index (χ0) is 22.5. The van der Waals surface area contributed by atoms with Crippen LogP contribution in [0.25, 0.3) is 0 Å². The van der Waals surface area contributed by atoms with Crippen LogP contribution < -0.4 is 19.7 Å². The first kappa shape index (κ1) is 21.4. The van der Waals surface area contributed by atoms with Gasteiger partial charge in [0.15, 0.2) is 0 Å². The number of nitrogens with one attached hydrogen (secondary N) is 1. The van der Waals surface area contributed by atoms with Crippen molar-refractivity contribution >= 4 is 23.4 Å². The third kappa shape index (κ3) is 4.91. The second-order valence-corrected chi connectivity index (χ2v) is 7.57. The summed E-state index contributed by atoms with van der Waals surface area (Å²) in [5.74, 6) is 2.56. The number of hydrogen-bond acceptors (Lipinski definition) is 7. The summed E-state index contributed by atoms with van der Waals surface area (Å²) in [5, 5.41) is 3.33. The highest BCUT2D eigenvalue weighted by atomic mass is 16.5. The quantitative estimate of drug-likeness (QED) is 0.637. The molecule has 8 heteroatoms. The second kappa shape index (κ2) is 9.55. The molecule has 32 heavy (non-hydrogen) atoms. The molecule has 1 saturated heterocycles. The zero-order valence-electron chi connectivity index (χ0n) is 18.5. The average molecular weight is 434 g/mol. The van der Waals surface area contributed by atoms with Crippen molar-refractivity contribution in [3.8, 4) is 11.5 Å². The standard InChI is InChI=1S/C24H27N5O3/c1-17-13-22(26-19-7-5-4-6-8-19)27-24(25-17)29-11-9-28(10-12-29)23(30)18-14-20(31-2)16-21(15-18)32-3/h4-8,13-16H,9-12H2,1-3H3,(H,25,26,27). The molecule has 1 amide bonds. The smallest absolute Gasteiger partial charge is 0.254 e. The maximum Gasteiger partial charge on any atom is 0.254 e. The van der Waals surface area contributed by atoms with E-state index in [4.69, 9.17) is 14.5 Å². The van der Waals surface area contributed by atoms with Gasteiger partial charge in [0.05, 0.1) is 14.2 Å². The monoisotopic (exact) mass is 433 g/mol. The molecule has 3 aromatic rings. The number of benzene rings is 2. The molecule has 1 aromatic heterocycles. The molecule has 1 fully saturated rings. The SMILES string of the molecule is COc1cc(OC)cc(C(=O)N2CCN(c3nc(C)cc(Nc4ccccc4)n3)CC2)c1. The molecule has 2 heterocycles. The normalized spacial score (nSPS) is 13.6. The highest BCUT2D eigenvalue weighted by Gasteiger charge is 2.24. The molecule has 0 atom stereocenters. The zero-order valence-corrected chi connectivity index (χ0v) is 18.5. The maximum atomic E-state index is 13.0. The molecule has 1 N–H and O–H groups in total. The molecular formula is C24H27N5O3.